The molecule has 0 saturated carbocycles. The molecule has 3 aromatic rings. The SMILES string of the molecule is CCOC(=O)/C=C/c1cc2cc(OC)ccc2c2cc(OC)c(OC)cc12. The van der Waals surface area contributed by atoms with Crippen molar-refractivity contribution in [2.24, 2.45) is 0 Å². The van der Waals surface area contributed by atoms with E-state index in [-0.39, 0.29) is 5.97 Å². The topological polar surface area (TPSA) is 54.0 Å². The lowest BCUT2D eigenvalue weighted by molar-refractivity contribution is -0.137. The summed E-state index contributed by atoms with van der Waals surface area (Å²) in [6, 6.07) is 11.8. The lowest BCUT2D eigenvalue weighted by Gasteiger charge is -2.14. The number of carbonyl (C=O) groups is 1. The molecule has 140 valence electrons. The second-order valence-corrected chi connectivity index (χ2v) is 5.89. The number of carbonyl (C=O) groups excluding carboxylic acids is 1. The Balaban J connectivity index is 2.30. The van der Waals surface area contributed by atoms with E-state index in [9.17, 15) is 4.79 Å². The molecule has 0 fully saturated rings. The predicted molar refractivity (Wildman–Crippen MR) is 107 cm³/mol. The summed E-state index contributed by atoms with van der Waals surface area (Å²) in [7, 11) is 4.85. The van der Waals surface area contributed by atoms with Gasteiger partial charge in [0.25, 0.3) is 0 Å². The van der Waals surface area contributed by atoms with Crippen molar-refractivity contribution < 1.29 is 23.7 Å². The molecule has 0 spiro atoms. The van der Waals surface area contributed by atoms with Crippen LogP contribution in [0.4, 0.5) is 0 Å². The molecule has 0 aliphatic rings. The number of rotatable bonds is 6. The molecule has 0 N–H and O–H groups in total. The van der Waals surface area contributed by atoms with E-state index in [1.807, 2.05) is 36.4 Å². The zero-order valence-electron chi connectivity index (χ0n) is 15.9. The molecule has 0 saturated heterocycles. The Labute approximate surface area is 158 Å². The largest absolute Gasteiger partial charge is 0.497 e. The van der Waals surface area contributed by atoms with Crippen LogP contribution >= 0.6 is 0 Å². The maximum atomic E-state index is 11.8. The van der Waals surface area contributed by atoms with Crippen molar-refractivity contribution in [3.8, 4) is 17.2 Å². The van der Waals surface area contributed by atoms with E-state index < -0.39 is 0 Å². The van der Waals surface area contributed by atoms with E-state index in [0.717, 1.165) is 32.9 Å². The first-order valence-corrected chi connectivity index (χ1v) is 8.62. The van der Waals surface area contributed by atoms with Crippen LogP contribution in [0.25, 0.3) is 27.6 Å². The Hall–Kier alpha value is -3.21. The highest BCUT2D eigenvalue weighted by Gasteiger charge is 2.12. The second kappa shape index (κ2) is 7.99. The van der Waals surface area contributed by atoms with Crippen LogP contribution in [0.15, 0.2) is 42.5 Å². The first-order chi connectivity index (χ1) is 13.1. The smallest absolute Gasteiger partial charge is 0.330 e. The summed E-state index contributed by atoms with van der Waals surface area (Å²) in [5.41, 5.74) is 0.875. The van der Waals surface area contributed by atoms with Gasteiger partial charge >= 0.3 is 5.97 Å². The van der Waals surface area contributed by atoms with E-state index in [2.05, 4.69) is 0 Å². The van der Waals surface area contributed by atoms with Crippen LogP contribution in [-0.4, -0.2) is 33.9 Å². The third kappa shape index (κ3) is 3.67. The summed E-state index contributed by atoms with van der Waals surface area (Å²) in [6.45, 7) is 2.12. The number of hydrogen-bond acceptors (Lipinski definition) is 5. The fourth-order valence-corrected chi connectivity index (χ4v) is 3.10. The molecule has 0 atom stereocenters. The zero-order valence-corrected chi connectivity index (χ0v) is 15.9. The van der Waals surface area contributed by atoms with Crippen LogP contribution in [0, 0.1) is 0 Å². The Morgan fingerprint density at radius 1 is 0.889 bits per heavy atom. The van der Waals surface area contributed by atoms with E-state index >= 15 is 0 Å². The first-order valence-electron chi connectivity index (χ1n) is 8.62. The van der Waals surface area contributed by atoms with Crippen molar-refractivity contribution in [1.82, 2.24) is 0 Å². The van der Waals surface area contributed by atoms with Gasteiger partial charge in [0.2, 0.25) is 0 Å². The van der Waals surface area contributed by atoms with E-state index in [4.69, 9.17) is 18.9 Å². The fraction of sp³-hybridized carbons (Fsp3) is 0.227. The van der Waals surface area contributed by atoms with E-state index in [1.54, 1.807) is 34.3 Å². The molecule has 5 nitrogen and oxygen atoms in total. The van der Waals surface area contributed by atoms with Crippen LogP contribution in [0.1, 0.15) is 12.5 Å². The molecule has 0 heterocycles. The minimum atomic E-state index is -0.378. The molecule has 3 rings (SSSR count). The van der Waals surface area contributed by atoms with Gasteiger partial charge in [-0.1, -0.05) is 6.07 Å². The lowest BCUT2D eigenvalue weighted by Crippen LogP contribution is -1.98. The Bertz CT molecular complexity index is 1020. The van der Waals surface area contributed by atoms with Crippen LogP contribution in [0.3, 0.4) is 0 Å². The maximum Gasteiger partial charge on any atom is 0.330 e. The fourth-order valence-electron chi connectivity index (χ4n) is 3.10. The molecular weight excluding hydrogens is 344 g/mol. The summed E-state index contributed by atoms with van der Waals surface area (Å²) in [6.07, 6.45) is 3.19. The third-order valence-electron chi connectivity index (χ3n) is 4.38. The molecule has 0 amide bonds. The number of methoxy groups -OCH3 is 3. The van der Waals surface area contributed by atoms with Crippen LogP contribution in [0.5, 0.6) is 17.2 Å². The van der Waals surface area contributed by atoms with Gasteiger partial charge in [0.15, 0.2) is 11.5 Å². The molecule has 0 aliphatic carbocycles. The molecule has 27 heavy (non-hydrogen) atoms. The lowest BCUT2D eigenvalue weighted by atomic mass is 9.96. The highest BCUT2D eigenvalue weighted by molar-refractivity contribution is 6.12. The number of fused-ring (bicyclic) bond motifs is 3. The predicted octanol–water partition coefficient (Wildman–Crippen LogP) is 4.60. The average Bonchev–Trinajstić information content (AvgIpc) is 2.70. The van der Waals surface area contributed by atoms with Gasteiger partial charge in [0.05, 0.1) is 27.9 Å². The molecule has 5 heteroatoms. The Morgan fingerprint density at radius 3 is 2.22 bits per heavy atom. The van der Waals surface area contributed by atoms with Crippen LogP contribution < -0.4 is 14.2 Å². The average molecular weight is 366 g/mol. The van der Waals surface area contributed by atoms with Crippen molar-refractivity contribution in [2.45, 2.75) is 6.92 Å². The summed E-state index contributed by atoms with van der Waals surface area (Å²) in [5, 5.41) is 4.00. The normalized spacial score (nSPS) is 11.1. The minimum absolute atomic E-state index is 0.337. The standard InChI is InChI=1S/C22H22O5/c1-5-27-22(23)9-6-14-10-15-11-16(24-2)7-8-17(15)19-13-21(26-4)20(25-3)12-18(14)19/h6-13H,5H2,1-4H3/b9-6+. The zero-order chi connectivity index (χ0) is 19.4. The van der Waals surface area contributed by atoms with Crippen molar-refractivity contribution in [1.29, 1.82) is 0 Å². The van der Waals surface area contributed by atoms with Gasteiger partial charge in [0.1, 0.15) is 5.75 Å². The highest BCUT2D eigenvalue weighted by Crippen LogP contribution is 2.38. The van der Waals surface area contributed by atoms with Crippen molar-refractivity contribution >= 4 is 33.6 Å². The van der Waals surface area contributed by atoms with Gasteiger partial charge in [-0.2, -0.15) is 0 Å². The number of hydrogen-bond donors (Lipinski definition) is 0. The summed E-state index contributed by atoms with van der Waals surface area (Å²) < 4.78 is 21.3. The van der Waals surface area contributed by atoms with E-state index in [0.29, 0.717) is 18.1 Å². The quantitative estimate of drug-likeness (QED) is 0.363. The third-order valence-corrected chi connectivity index (χ3v) is 4.38. The van der Waals surface area contributed by atoms with Crippen LogP contribution in [-0.2, 0) is 9.53 Å². The molecule has 0 aromatic heterocycles. The monoisotopic (exact) mass is 366 g/mol. The maximum absolute atomic E-state index is 11.8. The minimum Gasteiger partial charge on any atom is -0.497 e. The van der Waals surface area contributed by atoms with Crippen molar-refractivity contribution in [3.05, 3.63) is 48.0 Å². The van der Waals surface area contributed by atoms with Gasteiger partial charge in [-0.3, -0.25) is 0 Å². The van der Waals surface area contributed by atoms with Gasteiger partial charge in [0, 0.05) is 6.08 Å². The molecule has 0 radical (unpaired) electrons. The molecule has 0 unspecified atom stereocenters. The van der Waals surface area contributed by atoms with Gasteiger partial charge < -0.3 is 18.9 Å². The molecular formula is C22H22O5. The second-order valence-electron chi connectivity index (χ2n) is 5.89. The number of ether oxygens (including phenoxy) is 4. The molecule has 3 aromatic carbocycles. The first kappa shape index (κ1) is 18.6. The number of benzene rings is 3. The summed E-state index contributed by atoms with van der Waals surface area (Å²) >= 11 is 0. The summed E-state index contributed by atoms with van der Waals surface area (Å²) in [5.74, 6) is 1.66. The van der Waals surface area contributed by atoms with Gasteiger partial charge in [-0.15, -0.1) is 0 Å². The highest BCUT2D eigenvalue weighted by atomic mass is 16.5. The number of esters is 1. The van der Waals surface area contributed by atoms with Gasteiger partial charge in [-0.05, 0) is 70.4 Å². The molecule has 0 bridgehead atoms. The molecule has 0 aliphatic heterocycles. The Kier molecular flexibility index (Phi) is 5.50. The Morgan fingerprint density at radius 2 is 1.59 bits per heavy atom. The van der Waals surface area contributed by atoms with Crippen molar-refractivity contribution in [2.75, 3.05) is 27.9 Å². The van der Waals surface area contributed by atoms with E-state index in [1.165, 1.54) is 6.08 Å². The van der Waals surface area contributed by atoms with Crippen molar-refractivity contribution in [3.63, 3.8) is 0 Å². The van der Waals surface area contributed by atoms with Gasteiger partial charge in [-0.25, -0.2) is 4.79 Å². The van der Waals surface area contributed by atoms with Crippen LogP contribution in [0.2, 0.25) is 0 Å². The summed E-state index contributed by atoms with van der Waals surface area (Å²) in [4.78, 5) is 11.8.